The summed E-state index contributed by atoms with van der Waals surface area (Å²) in [5.41, 5.74) is 0.439. The Morgan fingerprint density at radius 2 is 2.03 bits per heavy atom. The molecular formula is C24H24FN5O6. The molecule has 0 spiro atoms. The molecule has 2 aromatic heterocycles. The average Bonchev–Trinajstić information content (AvgIpc) is 3.22. The molecule has 188 valence electrons. The van der Waals surface area contributed by atoms with Crippen molar-refractivity contribution in [3.63, 3.8) is 0 Å². The number of nitrogens with zero attached hydrogens (tertiary/aromatic N) is 3. The molecule has 4 heterocycles. The van der Waals surface area contributed by atoms with Crippen LogP contribution in [0.5, 0.6) is 5.75 Å². The van der Waals surface area contributed by atoms with E-state index in [-0.39, 0.29) is 55.5 Å². The van der Waals surface area contributed by atoms with Crippen molar-refractivity contribution < 1.29 is 28.6 Å². The first-order chi connectivity index (χ1) is 17.3. The van der Waals surface area contributed by atoms with E-state index in [1.165, 1.54) is 21.6 Å². The fourth-order valence-corrected chi connectivity index (χ4v) is 4.38. The number of aromatic nitrogens is 2. The maximum atomic E-state index is 14.6. The summed E-state index contributed by atoms with van der Waals surface area (Å²) < 4.78 is 26.6. The molecule has 2 aliphatic heterocycles. The topological polar surface area (TPSA) is 135 Å². The van der Waals surface area contributed by atoms with Gasteiger partial charge in [-0.3, -0.25) is 14.5 Å². The van der Waals surface area contributed by atoms with Gasteiger partial charge >= 0.3 is 6.09 Å². The number of carbonyl (C=O) groups is 2. The van der Waals surface area contributed by atoms with Crippen LogP contribution in [0, 0.1) is 5.82 Å². The molecular weight excluding hydrogens is 473 g/mol. The summed E-state index contributed by atoms with van der Waals surface area (Å²) >= 11 is 0. The third-order valence-electron chi connectivity index (χ3n) is 6.13. The van der Waals surface area contributed by atoms with E-state index in [1.54, 1.807) is 31.3 Å². The minimum Gasteiger partial charge on any atom is -0.480 e. The first-order valence-electron chi connectivity index (χ1n) is 11.4. The largest absolute Gasteiger partial charge is 0.480 e. The monoisotopic (exact) mass is 497 g/mol. The van der Waals surface area contributed by atoms with E-state index in [9.17, 15) is 23.9 Å². The fraction of sp³-hybridized carbons (Fsp3) is 0.333. The van der Waals surface area contributed by atoms with Gasteiger partial charge in [-0.1, -0.05) is 0 Å². The Kier molecular flexibility index (Phi) is 6.29. The number of aliphatic hydroxyl groups is 1. The number of aryl methyl sites for hydroxylation is 1. The quantitative estimate of drug-likeness (QED) is 0.439. The van der Waals surface area contributed by atoms with Crippen LogP contribution in [0.4, 0.5) is 20.8 Å². The van der Waals surface area contributed by atoms with E-state index in [0.717, 1.165) is 0 Å². The van der Waals surface area contributed by atoms with Gasteiger partial charge in [-0.2, -0.15) is 0 Å². The van der Waals surface area contributed by atoms with Crippen molar-refractivity contribution in [2.75, 3.05) is 36.5 Å². The van der Waals surface area contributed by atoms with Crippen LogP contribution in [0.25, 0.3) is 10.9 Å². The predicted molar refractivity (Wildman–Crippen MR) is 128 cm³/mol. The summed E-state index contributed by atoms with van der Waals surface area (Å²) in [6.07, 6.45) is -2.05. The molecule has 1 aromatic carbocycles. The van der Waals surface area contributed by atoms with Crippen molar-refractivity contribution in [3.8, 4) is 5.75 Å². The van der Waals surface area contributed by atoms with Gasteiger partial charge in [-0.15, -0.1) is 0 Å². The molecule has 2 atom stereocenters. The molecule has 0 radical (unpaired) electrons. The average molecular weight is 497 g/mol. The molecule has 0 saturated carbocycles. The fourth-order valence-electron chi connectivity index (χ4n) is 4.38. The number of benzene rings is 1. The molecule has 0 bridgehead atoms. The first-order valence-corrected chi connectivity index (χ1v) is 11.4. The van der Waals surface area contributed by atoms with Crippen molar-refractivity contribution in [3.05, 3.63) is 58.1 Å². The highest BCUT2D eigenvalue weighted by Crippen LogP contribution is 2.30. The highest BCUT2D eigenvalue weighted by Gasteiger charge is 2.34. The molecule has 1 unspecified atom stereocenters. The Hall–Kier alpha value is -4.03. The van der Waals surface area contributed by atoms with Crippen molar-refractivity contribution in [2.24, 2.45) is 7.05 Å². The number of fused-ring (bicyclic) bond motifs is 2. The minimum atomic E-state index is -0.945. The van der Waals surface area contributed by atoms with Crippen LogP contribution in [-0.2, 0) is 23.0 Å². The number of anilines is 2. The van der Waals surface area contributed by atoms with Gasteiger partial charge in [-0.25, -0.2) is 14.2 Å². The number of rotatable bonds is 7. The van der Waals surface area contributed by atoms with Crippen LogP contribution < -0.4 is 25.8 Å². The SMILES string of the molecule is Cn1c(=O)ccc2ccc(F)c(CC(O)CNC[C@H]3CN(c4ccc5c(n4)NC(=O)CO5)C(=O)O3)c21. The molecule has 11 nitrogen and oxygen atoms in total. The van der Waals surface area contributed by atoms with E-state index in [0.29, 0.717) is 22.5 Å². The van der Waals surface area contributed by atoms with E-state index in [4.69, 9.17) is 9.47 Å². The van der Waals surface area contributed by atoms with E-state index >= 15 is 0 Å². The summed E-state index contributed by atoms with van der Waals surface area (Å²) in [7, 11) is 1.57. The zero-order valence-electron chi connectivity index (χ0n) is 19.4. The number of cyclic esters (lactones) is 1. The van der Waals surface area contributed by atoms with E-state index in [2.05, 4.69) is 15.6 Å². The summed E-state index contributed by atoms with van der Waals surface area (Å²) in [5.74, 6) is 0.133. The Balaban J connectivity index is 1.19. The number of aliphatic hydroxyl groups excluding tert-OH is 1. The standard InChI is InChI=1S/C24H24FN5O6/c1-29-21(33)7-3-13-2-4-17(25)16(22(13)29)8-14(31)9-26-10-15-11-30(24(34)36-15)19-6-5-18-23(27-19)28-20(32)12-35-18/h2-7,14-15,26,31H,8-12H2,1H3,(H,27,28,32)/t14?,15-/m0/s1. The molecule has 36 heavy (non-hydrogen) atoms. The highest BCUT2D eigenvalue weighted by molar-refractivity contribution is 5.95. The van der Waals surface area contributed by atoms with Crippen LogP contribution in [0.2, 0.25) is 0 Å². The van der Waals surface area contributed by atoms with Gasteiger partial charge in [-0.05, 0) is 35.7 Å². The molecule has 3 N–H and O–H groups in total. The third-order valence-corrected chi connectivity index (χ3v) is 6.13. The van der Waals surface area contributed by atoms with Gasteiger partial charge in [0.2, 0.25) is 0 Å². The second-order valence-corrected chi connectivity index (χ2v) is 8.68. The highest BCUT2D eigenvalue weighted by atomic mass is 19.1. The number of nitrogens with one attached hydrogen (secondary N) is 2. The van der Waals surface area contributed by atoms with Crippen LogP contribution in [0.15, 0.2) is 41.2 Å². The maximum absolute atomic E-state index is 14.6. The second-order valence-electron chi connectivity index (χ2n) is 8.68. The molecule has 2 aliphatic rings. The van der Waals surface area contributed by atoms with Crippen LogP contribution in [-0.4, -0.2) is 65.1 Å². The normalized spacial score (nSPS) is 18.0. The summed E-state index contributed by atoms with van der Waals surface area (Å²) in [6.45, 7) is 0.485. The molecule has 1 fully saturated rings. The van der Waals surface area contributed by atoms with Crippen LogP contribution in [0.3, 0.4) is 0 Å². The molecule has 3 aromatic rings. The number of hydrogen-bond acceptors (Lipinski definition) is 8. The number of hydrogen-bond donors (Lipinski definition) is 3. The first kappa shape index (κ1) is 23.7. The van der Waals surface area contributed by atoms with Gasteiger partial charge in [0.15, 0.2) is 18.2 Å². The zero-order valence-corrected chi connectivity index (χ0v) is 19.4. The summed E-state index contributed by atoms with van der Waals surface area (Å²) in [5, 5.41) is 16.9. The predicted octanol–water partition coefficient (Wildman–Crippen LogP) is 0.922. The number of amides is 2. The number of halogens is 1. The van der Waals surface area contributed by atoms with Gasteiger partial charge < -0.3 is 29.8 Å². The van der Waals surface area contributed by atoms with E-state index < -0.39 is 24.1 Å². The Morgan fingerprint density at radius 1 is 1.22 bits per heavy atom. The molecule has 5 rings (SSSR count). The second kappa shape index (κ2) is 9.55. The van der Waals surface area contributed by atoms with Gasteiger partial charge in [0.05, 0.1) is 18.2 Å². The van der Waals surface area contributed by atoms with Crippen LogP contribution in [0.1, 0.15) is 5.56 Å². The Morgan fingerprint density at radius 3 is 2.86 bits per heavy atom. The summed E-state index contributed by atoms with van der Waals surface area (Å²) in [4.78, 5) is 41.6. The van der Waals surface area contributed by atoms with Crippen molar-refractivity contribution in [2.45, 2.75) is 18.6 Å². The van der Waals surface area contributed by atoms with Crippen molar-refractivity contribution in [1.29, 1.82) is 0 Å². The van der Waals surface area contributed by atoms with Gasteiger partial charge in [0, 0.05) is 38.2 Å². The van der Waals surface area contributed by atoms with Crippen molar-refractivity contribution in [1.82, 2.24) is 14.9 Å². The van der Waals surface area contributed by atoms with Crippen LogP contribution >= 0.6 is 0 Å². The Bertz CT molecular complexity index is 1410. The lowest BCUT2D eigenvalue weighted by atomic mass is 10.0. The van der Waals surface area contributed by atoms with Gasteiger partial charge in [0.1, 0.15) is 17.7 Å². The molecule has 12 heteroatoms. The lowest BCUT2D eigenvalue weighted by molar-refractivity contribution is -0.118. The third kappa shape index (κ3) is 4.60. The lowest BCUT2D eigenvalue weighted by Crippen LogP contribution is -2.36. The maximum Gasteiger partial charge on any atom is 0.416 e. The number of ether oxygens (including phenoxy) is 2. The molecule has 0 aliphatic carbocycles. The number of pyridine rings is 2. The Labute approximate surface area is 204 Å². The summed E-state index contributed by atoms with van der Waals surface area (Å²) in [6, 6.07) is 9.18. The zero-order chi connectivity index (χ0) is 25.4. The van der Waals surface area contributed by atoms with Gasteiger partial charge in [0.25, 0.3) is 11.5 Å². The smallest absolute Gasteiger partial charge is 0.416 e. The molecule has 1 saturated heterocycles. The van der Waals surface area contributed by atoms with Crippen molar-refractivity contribution >= 4 is 34.5 Å². The van der Waals surface area contributed by atoms with E-state index in [1.807, 2.05) is 0 Å². The number of carbonyl (C=O) groups excluding carboxylic acids is 2. The molecule has 2 amide bonds. The minimum absolute atomic E-state index is 0.00309. The lowest BCUT2D eigenvalue weighted by Gasteiger charge is -2.19.